The molecular weight excluding hydrogens is 175 g/mol. The molecule has 66 valence electrons. The standard InChI is InChI=1S/C8H11FN2S/c9-7-2-1-4-11(6-7)8-10-3-5-12-8/h3,5,7H,1-2,4,6H2. The Hall–Kier alpha value is -0.640. The fraction of sp³-hybridized carbons (Fsp3) is 0.625. The van der Waals surface area contributed by atoms with Crippen LogP contribution < -0.4 is 4.90 Å². The number of aromatic nitrogens is 1. The zero-order valence-corrected chi connectivity index (χ0v) is 7.56. The van der Waals surface area contributed by atoms with E-state index in [2.05, 4.69) is 4.98 Å². The summed E-state index contributed by atoms with van der Waals surface area (Å²) in [6.07, 6.45) is 2.76. The average molecular weight is 186 g/mol. The van der Waals surface area contributed by atoms with Crippen molar-refractivity contribution < 1.29 is 4.39 Å². The highest BCUT2D eigenvalue weighted by Crippen LogP contribution is 2.22. The molecule has 2 rings (SSSR count). The van der Waals surface area contributed by atoms with Gasteiger partial charge in [-0.05, 0) is 12.8 Å². The van der Waals surface area contributed by atoms with Crippen molar-refractivity contribution in [2.45, 2.75) is 19.0 Å². The van der Waals surface area contributed by atoms with Crippen LogP contribution >= 0.6 is 11.3 Å². The third-order valence-corrected chi connectivity index (χ3v) is 2.89. The molecule has 0 N–H and O–H groups in total. The van der Waals surface area contributed by atoms with Gasteiger partial charge in [0.2, 0.25) is 0 Å². The molecule has 1 unspecified atom stereocenters. The van der Waals surface area contributed by atoms with Crippen LogP contribution in [-0.2, 0) is 0 Å². The summed E-state index contributed by atoms with van der Waals surface area (Å²) in [5.41, 5.74) is 0. The van der Waals surface area contributed by atoms with E-state index in [4.69, 9.17) is 0 Å². The molecule has 1 aromatic rings. The Balaban J connectivity index is 2.04. The number of hydrogen-bond acceptors (Lipinski definition) is 3. The maximum Gasteiger partial charge on any atom is 0.185 e. The molecule has 0 aliphatic carbocycles. The first-order valence-corrected chi connectivity index (χ1v) is 5.03. The van der Waals surface area contributed by atoms with Crippen LogP contribution in [0.4, 0.5) is 9.52 Å². The third-order valence-electron chi connectivity index (χ3n) is 2.05. The second-order valence-corrected chi connectivity index (χ2v) is 3.87. The van der Waals surface area contributed by atoms with Gasteiger partial charge in [-0.15, -0.1) is 11.3 Å². The molecule has 0 bridgehead atoms. The van der Waals surface area contributed by atoms with Crippen LogP contribution in [-0.4, -0.2) is 24.2 Å². The third kappa shape index (κ3) is 1.58. The molecular formula is C8H11FN2S. The summed E-state index contributed by atoms with van der Waals surface area (Å²) in [4.78, 5) is 6.18. The van der Waals surface area contributed by atoms with E-state index in [0.29, 0.717) is 13.0 Å². The van der Waals surface area contributed by atoms with Crippen molar-refractivity contribution in [1.82, 2.24) is 4.98 Å². The molecule has 0 spiro atoms. The lowest BCUT2D eigenvalue weighted by atomic mass is 10.1. The Morgan fingerprint density at radius 3 is 3.25 bits per heavy atom. The van der Waals surface area contributed by atoms with E-state index in [-0.39, 0.29) is 0 Å². The fourth-order valence-corrected chi connectivity index (χ4v) is 2.15. The van der Waals surface area contributed by atoms with E-state index >= 15 is 0 Å². The second-order valence-electron chi connectivity index (χ2n) is 3.00. The molecule has 2 heterocycles. The van der Waals surface area contributed by atoms with E-state index in [1.54, 1.807) is 17.5 Å². The molecule has 1 fully saturated rings. The second kappa shape index (κ2) is 3.39. The van der Waals surface area contributed by atoms with Crippen molar-refractivity contribution in [2.24, 2.45) is 0 Å². The topological polar surface area (TPSA) is 16.1 Å². The molecule has 2 nitrogen and oxygen atoms in total. The number of alkyl halides is 1. The predicted octanol–water partition coefficient (Wildman–Crippen LogP) is 2.08. The molecule has 0 saturated carbocycles. The normalized spacial score (nSPS) is 24.4. The molecule has 1 saturated heterocycles. The van der Waals surface area contributed by atoms with E-state index in [0.717, 1.165) is 18.1 Å². The number of piperidine rings is 1. The Morgan fingerprint density at radius 2 is 2.58 bits per heavy atom. The average Bonchev–Trinajstić information content (AvgIpc) is 2.56. The van der Waals surface area contributed by atoms with Crippen molar-refractivity contribution in [1.29, 1.82) is 0 Å². The molecule has 0 radical (unpaired) electrons. The number of thiazole rings is 1. The van der Waals surface area contributed by atoms with Crippen molar-refractivity contribution >= 4 is 16.5 Å². The highest BCUT2D eigenvalue weighted by atomic mass is 32.1. The Kier molecular flexibility index (Phi) is 2.26. The smallest absolute Gasteiger partial charge is 0.185 e. The van der Waals surface area contributed by atoms with E-state index < -0.39 is 6.17 Å². The van der Waals surface area contributed by atoms with E-state index in [9.17, 15) is 4.39 Å². The quantitative estimate of drug-likeness (QED) is 0.667. The van der Waals surface area contributed by atoms with Crippen LogP contribution in [0, 0.1) is 0 Å². The van der Waals surface area contributed by atoms with Crippen molar-refractivity contribution in [3.8, 4) is 0 Å². The van der Waals surface area contributed by atoms with Crippen LogP contribution in [0.15, 0.2) is 11.6 Å². The van der Waals surface area contributed by atoms with E-state index in [1.165, 1.54) is 0 Å². The summed E-state index contributed by atoms with van der Waals surface area (Å²) in [5.74, 6) is 0. The number of hydrogen-bond donors (Lipinski definition) is 0. The van der Waals surface area contributed by atoms with Crippen molar-refractivity contribution in [3.63, 3.8) is 0 Å². The van der Waals surface area contributed by atoms with Gasteiger partial charge >= 0.3 is 0 Å². The van der Waals surface area contributed by atoms with Crippen LogP contribution in [0.3, 0.4) is 0 Å². The van der Waals surface area contributed by atoms with Gasteiger partial charge in [0, 0.05) is 18.1 Å². The van der Waals surface area contributed by atoms with Crippen molar-refractivity contribution in [3.05, 3.63) is 11.6 Å². The molecule has 4 heteroatoms. The van der Waals surface area contributed by atoms with Gasteiger partial charge < -0.3 is 4.90 Å². The summed E-state index contributed by atoms with van der Waals surface area (Å²) < 4.78 is 13.0. The summed E-state index contributed by atoms with van der Waals surface area (Å²) in [5, 5.41) is 2.88. The Labute approximate surface area is 75.0 Å². The maximum atomic E-state index is 13.0. The lowest BCUT2D eigenvalue weighted by Crippen LogP contribution is -2.36. The SMILES string of the molecule is FC1CCCN(c2nccs2)C1. The Bertz CT molecular complexity index is 237. The first-order valence-electron chi connectivity index (χ1n) is 4.15. The summed E-state index contributed by atoms with van der Waals surface area (Å²) >= 11 is 1.58. The molecule has 1 aliphatic rings. The van der Waals surface area contributed by atoms with Gasteiger partial charge in [-0.25, -0.2) is 9.37 Å². The first kappa shape index (κ1) is 7.98. The summed E-state index contributed by atoms with van der Waals surface area (Å²) in [6.45, 7) is 1.47. The van der Waals surface area contributed by atoms with Crippen LogP contribution in [0.1, 0.15) is 12.8 Å². The van der Waals surface area contributed by atoms with Crippen LogP contribution in [0.5, 0.6) is 0 Å². The number of nitrogens with zero attached hydrogens (tertiary/aromatic N) is 2. The monoisotopic (exact) mass is 186 g/mol. The van der Waals surface area contributed by atoms with Gasteiger partial charge in [-0.3, -0.25) is 0 Å². The number of rotatable bonds is 1. The molecule has 0 aromatic carbocycles. The molecule has 12 heavy (non-hydrogen) atoms. The van der Waals surface area contributed by atoms with Gasteiger partial charge in [-0.2, -0.15) is 0 Å². The zero-order chi connectivity index (χ0) is 8.39. The Morgan fingerprint density at radius 1 is 1.67 bits per heavy atom. The molecule has 1 atom stereocenters. The van der Waals surface area contributed by atoms with Gasteiger partial charge in [0.05, 0.1) is 6.54 Å². The van der Waals surface area contributed by atoms with Crippen LogP contribution in [0.25, 0.3) is 0 Å². The minimum Gasteiger partial charge on any atom is -0.345 e. The number of halogens is 1. The lowest BCUT2D eigenvalue weighted by molar-refractivity contribution is 0.286. The number of anilines is 1. The van der Waals surface area contributed by atoms with E-state index in [1.807, 2.05) is 10.3 Å². The van der Waals surface area contributed by atoms with Gasteiger partial charge in [0.1, 0.15) is 6.17 Å². The zero-order valence-electron chi connectivity index (χ0n) is 6.74. The summed E-state index contributed by atoms with van der Waals surface area (Å²) in [6, 6.07) is 0. The fourth-order valence-electron chi connectivity index (χ4n) is 1.47. The van der Waals surface area contributed by atoms with Gasteiger partial charge in [0.15, 0.2) is 5.13 Å². The highest BCUT2D eigenvalue weighted by molar-refractivity contribution is 7.13. The molecule has 1 aliphatic heterocycles. The van der Waals surface area contributed by atoms with Crippen LogP contribution in [0.2, 0.25) is 0 Å². The molecule has 1 aromatic heterocycles. The highest BCUT2D eigenvalue weighted by Gasteiger charge is 2.20. The molecule has 0 amide bonds. The minimum absolute atomic E-state index is 0.521. The lowest BCUT2D eigenvalue weighted by Gasteiger charge is -2.28. The van der Waals surface area contributed by atoms with Gasteiger partial charge in [0.25, 0.3) is 0 Å². The first-order chi connectivity index (χ1) is 5.86. The maximum absolute atomic E-state index is 13.0. The predicted molar refractivity (Wildman–Crippen MR) is 48.5 cm³/mol. The minimum atomic E-state index is -0.664. The van der Waals surface area contributed by atoms with Crippen molar-refractivity contribution in [2.75, 3.05) is 18.0 Å². The summed E-state index contributed by atoms with van der Waals surface area (Å²) in [7, 11) is 0. The van der Waals surface area contributed by atoms with Gasteiger partial charge in [-0.1, -0.05) is 0 Å². The largest absolute Gasteiger partial charge is 0.345 e.